The van der Waals surface area contributed by atoms with Gasteiger partial charge in [0, 0.05) is 10.4 Å². The number of benzene rings is 1. The van der Waals surface area contributed by atoms with Crippen LogP contribution >= 0.6 is 11.3 Å². The summed E-state index contributed by atoms with van der Waals surface area (Å²) in [6.07, 6.45) is 0. The third kappa shape index (κ3) is 0.994. The molecule has 2 aromatic rings. The molecule has 0 saturated carbocycles. The summed E-state index contributed by atoms with van der Waals surface area (Å²) in [5, 5.41) is 3.44. The molecule has 2 rings (SSSR count). The number of rotatable bonds is 0. The normalized spacial score (nSPS) is 10.6. The lowest BCUT2D eigenvalue weighted by molar-refractivity contribution is 1.60. The molecule has 0 atom stereocenters. The van der Waals surface area contributed by atoms with Gasteiger partial charge in [-0.1, -0.05) is 0 Å². The smallest absolute Gasteiger partial charge is 0.0346 e. The average molecular weight is 163 g/mol. The van der Waals surface area contributed by atoms with Gasteiger partial charge in [0.2, 0.25) is 0 Å². The first-order chi connectivity index (χ1) is 5.27. The van der Waals surface area contributed by atoms with E-state index in [1.807, 2.05) is 12.1 Å². The van der Waals surface area contributed by atoms with Gasteiger partial charge in [-0.25, -0.2) is 0 Å². The van der Waals surface area contributed by atoms with Gasteiger partial charge in [0.1, 0.15) is 0 Å². The van der Waals surface area contributed by atoms with Crippen LogP contribution in [0.25, 0.3) is 10.1 Å². The first kappa shape index (κ1) is 6.68. The Hall–Kier alpha value is -1.02. The van der Waals surface area contributed by atoms with Crippen LogP contribution in [-0.2, 0) is 0 Å². The van der Waals surface area contributed by atoms with Crippen LogP contribution in [0.4, 0.5) is 5.69 Å². The second kappa shape index (κ2) is 2.24. The maximum absolute atomic E-state index is 5.66. The summed E-state index contributed by atoms with van der Waals surface area (Å²) in [4.78, 5) is 0. The first-order valence-electron chi connectivity index (χ1n) is 3.51. The highest BCUT2D eigenvalue weighted by Crippen LogP contribution is 2.26. The molecule has 2 heteroatoms. The second-order valence-electron chi connectivity index (χ2n) is 2.67. The minimum absolute atomic E-state index is 0.846. The predicted octanol–water partition coefficient (Wildman–Crippen LogP) is 2.79. The van der Waals surface area contributed by atoms with Gasteiger partial charge in [-0.3, -0.25) is 0 Å². The molecule has 0 radical (unpaired) electrons. The van der Waals surface area contributed by atoms with Crippen LogP contribution in [0.5, 0.6) is 0 Å². The monoisotopic (exact) mass is 163 g/mol. The van der Waals surface area contributed by atoms with E-state index in [0.717, 1.165) is 5.69 Å². The SMILES string of the molecule is Cc1csc2ccc(N)cc12. The van der Waals surface area contributed by atoms with Crippen molar-refractivity contribution in [3.05, 3.63) is 29.1 Å². The fraction of sp³-hybridized carbons (Fsp3) is 0.111. The zero-order valence-corrected chi connectivity index (χ0v) is 7.11. The molecule has 0 spiro atoms. The standard InChI is InChI=1S/C9H9NS/c1-6-5-11-9-3-2-7(10)4-8(6)9/h2-5H,10H2,1H3. The third-order valence-corrected chi connectivity index (χ3v) is 2.87. The fourth-order valence-electron chi connectivity index (χ4n) is 1.17. The van der Waals surface area contributed by atoms with Crippen LogP contribution in [-0.4, -0.2) is 0 Å². The van der Waals surface area contributed by atoms with Crippen LogP contribution in [0, 0.1) is 6.92 Å². The molecule has 0 fully saturated rings. The van der Waals surface area contributed by atoms with E-state index in [1.54, 1.807) is 11.3 Å². The molecule has 1 aromatic heterocycles. The van der Waals surface area contributed by atoms with Crippen LogP contribution < -0.4 is 5.73 Å². The number of thiophene rings is 1. The number of fused-ring (bicyclic) bond motifs is 1. The average Bonchev–Trinajstić information content (AvgIpc) is 2.33. The van der Waals surface area contributed by atoms with Crippen LogP contribution in [0.1, 0.15) is 5.56 Å². The molecule has 1 aromatic carbocycles. The molecule has 0 amide bonds. The van der Waals surface area contributed by atoms with E-state index >= 15 is 0 Å². The molecule has 0 aliphatic heterocycles. The molecule has 1 nitrogen and oxygen atoms in total. The van der Waals surface area contributed by atoms with Crippen molar-refractivity contribution >= 4 is 27.1 Å². The van der Waals surface area contributed by atoms with Crippen molar-refractivity contribution in [3.63, 3.8) is 0 Å². The Kier molecular flexibility index (Phi) is 1.36. The number of aryl methyl sites for hydroxylation is 1. The number of hydrogen-bond donors (Lipinski definition) is 1. The predicted molar refractivity (Wildman–Crippen MR) is 51.0 cm³/mol. The number of anilines is 1. The van der Waals surface area contributed by atoms with Gasteiger partial charge in [0.05, 0.1) is 0 Å². The van der Waals surface area contributed by atoms with E-state index in [-0.39, 0.29) is 0 Å². The molecular weight excluding hydrogens is 154 g/mol. The Bertz CT molecular complexity index is 389. The zero-order chi connectivity index (χ0) is 7.84. The van der Waals surface area contributed by atoms with Gasteiger partial charge >= 0.3 is 0 Å². The van der Waals surface area contributed by atoms with Crippen LogP contribution in [0.3, 0.4) is 0 Å². The van der Waals surface area contributed by atoms with Gasteiger partial charge < -0.3 is 5.73 Å². The van der Waals surface area contributed by atoms with Crippen molar-refractivity contribution in [1.82, 2.24) is 0 Å². The van der Waals surface area contributed by atoms with Crippen molar-refractivity contribution in [1.29, 1.82) is 0 Å². The van der Waals surface area contributed by atoms with E-state index in [1.165, 1.54) is 15.6 Å². The van der Waals surface area contributed by atoms with E-state index in [0.29, 0.717) is 0 Å². The number of hydrogen-bond acceptors (Lipinski definition) is 2. The van der Waals surface area contributed by atoms with E-state index in [2.05, 4.69) is 18.4 Å². The van der Waals surface area contributed by atoms with Gasteiger partial charge in [0.15, 0.2) is 0 Å². The quantitative estimate of drug-likeness (QED) is 0.594. The van der Waals surface area contributed by atoms with Crippen molar-refractivity contribution in [2.45, 2.75) is 6.92 Å². The highest BCUT2D eigenvalue weighted by atomic mass is 32.1. The summed E-state index contributed by atoms with van der Waals surface area (Å²) in [6.45, 7) is 2.11. The maximum Gasteiger partial charge on any atom is 0.0346 e. The fourth-order valence-corrected chi connectivity index (χ4v) is 2.10. The Balaban J connectivity index is 2.87. The maximum atomic E-state index is 5.66. The minimum atomic E-state index is 0.846. The number of nitrogens with two attached hydrogens (primary N) is 1. The first-order valence-corrected chi connectivity index (χ1v) is 4.38. The van der Waals surface area contributed by atoms with Crippen molar-refractivity contribution in [2.75, 3.05) is 5.73 Å². The molecule has 0 saturated heterocycles. The van der Waals surface area contributed by atoms with Crippen LogP contribution in [0.15, 0.2) is 23.6 Å². The minimum Gasteiger partial charge on any atom is -0.399 e. The highest BCUT2D eigenvalue weighted by Gasteiger charge is 1.98. The van der Waals surface area contributed by atoms with E-state index in [9.17, 15) is 0 Å². The third-order valence-electron chi connectivity index (χ3n) is 1.79. The summed E-state index contributed by atoms with van der Waals surface area (Å²) >= 11 is 1.77. The van der Waals surface area contributed by atoms with E-state index in [4.69, 9.17) is 5.73 Å². The summed E-state index contributed by atoms with van der Waals surface area (Å²) < 4.78 is 1.32. The van der Waals surface area contributed by atoms with Gasteiger partial charge in [-0.2, -0.15) is 0 Å². The van der Waals surface area contributed by atoms with Gasteiger partial charge in [-0.15, -0.1) is 11.3 Å². The molecule has 0 aliphatic carbocycles. The Morgan fingerprint density at radius 1 is 1.36 bits per heavy atom. The Morgan fingerprint density at radius 2 is 2.18 bits per heavy atom. The zero-order valence-electron chi connectivity index (χ0n) is 6.29. The molecule has 0 bridgehead atoms. The van der Waals surface area contributed by atoms with Crippen molar-refractivity contribution < 1.29 is 0 Å². The van der Waals surface area contributed by atoms with Crippen LogP contribution in [0.2, 0.25) is 0 Å². The molecule has 1 heterocycles. The molecule has 56 valence electrons. The van der Waals surface area contributed by atoms with Gasteiger partial charge in [-0.05, 0) is 41.5 Å². The summed E-state index contributed by atoms with van der Waals surface area (Å²) in [5.74, 6) is 0. The molecule has 2 N–H and O–H groups in total. The summed E-state index contributed by atoms with van der Waals surface area (Å²) in [7, 11) is 0. The Labute approximate surface area is 69.5 Å². The molecule has 0 unspecified atom stereocenters. The summed E-state index contributed by atoms with van der Waals surface area (Å²) in [6, 6.07) is 6.04. The Morgan fingerprint density at radius 3 is 3.00 bits per heavy atom. The van der Waals surface area contributed by atoms with Crippen molar-refractivity contribution in [2.24, 2.45) is 0 Å². The van der Waals surface area contributed by atoms with Gasteiger partial charge in [0.25, 0.3) is 0 Å². The van der Waals surface area contributed by atoms with Crippen molar-refractivity contribution in [3.8, 4) is 0 Å². The molecular formula is C9H9NS. The topological polar surface area (TPSA) is 26.0 Å². The lowest BCUT2D eigenvalue weighted by atomic mass is 10.2. The lowest BCUT2D eigenvalue weighted by Crippen LogP contribution is -1.81. The van der Waals surface area contributed by atoms with E-state index < -0.39 is 0 Å². The largest absolute Gasteiger partial charge is 0.399 e. The lowest BCUT2D eigenvalue weighted by Gasteiger charge is -1.93. The summed E-state index contributed by atoms with van der Waals surface area (Å²) in [5.41, 5.74) is 7.82. The highest BCUT2D eigenvalue weighted by molar-refractivity contribution is 7.17. The number of nitrogen functional groups attached to an aromatic ring is 1. The molecule has 0 aliphatic rings. The second-order valence-corrected chi connectivity index (χ2v) is 3.59. The molecule has 11 heavy (non-hydrogen) atoms.